The fraction of sp³-hybridized carbons (Fsp3) is 0.217. The minimum absolute atomic E-state index is 0.439. The van der Waals surface area contributed by atoms with Gasteiger partial charge in [0.2, 0.25) is 0 Å². The number of hydrogen-bond acceptors (Lipinski definition) is 2. The minimum Gasteiger partial charge on any atom is -0.313 e. The summed E-state index contributed by atoms with van der Waals surface area (Å²) >= 11 is 1.78. The normalized spacial score (nSPS) is 11.0. The first-order valence-corrected chi connectivity index (χ1v) is 10.0. The Bertz CT molecular complexity index is 699. The smallest absolute Gasteiger partial charge is 0.0205 e. The largest absolute Gasteiger partial charge is 0.313 e. The number of hydrogen-bond donors (Lipinski definition) is 1. The van der Waals surface area contributed by atoms with E-state index in [9.17, 15) is 0 Å². The predicted octanol–water partition coefficient (Wildman–Crippen LogP) is 5.72. The van der Waals surface area contributed by atoms with Gasteiger partial charge >= 0.3 is 0 Å². The third-order valence-corrected chi connectivity index (χ3v) is 5.25. The highest BCUT2D eigenvalue weighted by Crippen LogP contribution is 2.27. The molecule has 0 aliphatic carbocycles. The highest BCUT2D eigenvalue weighted by Gasteiger charge is 2.13. The fourth-order valence-corrected chi connectivity index (χ4v) is 3.53. The van der Waals surface area contributed by atoms with Gasteiger partial charge in [0.15, 0.2) is 0 Å². The lowest BCUT2D eigenvalue weighted by molar-refractivity contribution is 0.611. The lowest BCUT2D eigenvalue weighted by Crippen LogP contribution is -2.17. The molecule has 3 aromatic rings. The van der Waals surface area contributed by atoms with Crippen molar-refractivity contribution in [3.8, 4) is 0 Å². The van der Waals surface area contributed by atoms with Crippen molar-refractivity contribution >= 4 is 11.8 Å². The van der Waals surface area contributed by atoms with Crippen molar-refractivity contribution < 1.29 is 0 Å². The summed E-state index contributed by atoms with van der Waals surface area (Å²) in [7, 11) is 0. The van der Waals surface area contributed by atoms with Crippen molar-refractivity contribution in [2.24, 2.45) is 0 Å². The Labute approximate surface area is 155 Å². The SMILES string of the molecule is CSc1ccc(CNCCC(c2ccccc2)c2ccccc2)cc1. The molecule has 1 N–H and O–H groups in total. The molecule has 0 aliphatic heterocycles. The highest BCUT2D eigenvalue weighted by atomic mass is 32.2. The van der Waals surface area contributed by atoms with Crippen LogP contribution in [0.25, 0.3) is 0 Å². The maximum Gasteiger partial charge on any atom is 0.0205 e. The standard InChI is InChI=1S/C23H25NS/c1-25-22-14-12-19(13-15-22)18-24-17-16-23(20-8-4-2-5-9-20)21-10-6-3-7-11-21/h2-15,23-24H,16-18H2,1H3. The first-order chi connectivity index (χ1) is 12.4. The van der Waals surface area contributed by atoms with Crippen LogP contribution in [0.15, 0.2) is 89.8 Å². The molecular weight excluding hydrogens is 322 g/mol. The summed E-state index contributed by atoms with van der Waals surface area (Å²) in [5.74, 6) is 0.439. The van der Waals surface area contributed by atoms with E-state index < -0.39 is 0 Å². The van der Waals surface area contributed by atoms with E-state index in [2.05, 4.69) is 96.5 Å². The van der Waals surface area contributed by atoms with Crippen molar-refractivity contribution in [1.82, 2.24) is 5.32 Å². The molecule has 0 aliphatic rings. The number of thioether (sulfide) groups is 1. The van der Waals surface area contributed by atoms with Gasteiger partial charge in [-0.15, -0.1) is 11.8 Å². The molecule has 3 rings (SSSR count). The van der Waals surface area contributed by atoms with Crippen molar-refractivity contribution in [2.75, 3.05) is 12.8 Å². The second-order valence-corrected chi connectivity index (χ2v) is 7.07. The maximum atomic E-state index is 3.60. The minimum atomic E-state index is 0.439. The van der Waals surface area contributed by atoms with E-state index in [0.29, 0.717) is 5.92 Å². The molecule has 0 bridgehead atoms. The molecule has 0 saturated carbocycles. The molecule has 0 saturated heterocycles. The molecule has 1 nitrogen and oxygen atoms in total. The van der Waals surface area contributed by atoms with Crippen LogP contribution in [-0.4, -0.2) is 12.8 Å². The first-order valence-electron chi connectivity index (χ1n) is 8.80. The topological polar surface area (TPSA) is 12.0 Å². The van der Waals surface area contributed by atoms with Crippen LogP contribution >= 0.6 is 11.8 Å². The van der Waals surface area contributed by atoms with E-state index in [4.69, 9.17) is 0 Å². The van der Waals surface area contributed by atoms with Crippen LogP contribution in [-0.2, 0) is 6.54 Å². The van der Waals surface area contributed by atoms with Crippen molar-refractivity contribution in [1.29, 1.82) is 0 Å². The Morgan fingerprint density at radius 1 is 0.760 bits per heavy atom. The number of rotatable bonds is 8. The Morgan fingerprint density at radius 3 is 1.84 bits per heavy atom. The maximum absolute atomic E-state index is 3.60. The van der Waals surface area contributed by atoms with Gasteiger partial charge in [-0.3, -0.25) is 0 Å². The molecule has 2 heteroatoms. The lowest BCUT2D eigenvalue weighted by Gasteiger charge is -2.18. The van der Waals surface area contributed by atoms with Crippen LogP contribution in [0.3, 0.4) is 0 Å². The predicted molar refractivity (Wildman–Crippen MR) is 109 cm³/mol. The zero-order chi connectivity index (χ0) is 17.3. The van der Waals surface area contributed by atoms with Gasteiger partial charge in [-0.1, -0.05) is 72.8 Å². The Hall–Kier alpha value is -2.03. The molecule has 0 fully saturated rings. The van der Waals surface area contributed by atoms with Crippen molar-refractivity contribution in [3.05, 3.63) is 102 Å². The van der Waals surface area contributed by atoms with E-state index in [-0.39, 0.29) is 0 Å². The van der Waals surface area contributed by atoms with Crippen LogP contribution in [0, 0.1) is 0 Å². The van der Waals surface area contributed by atoms with Gasteiger partial charge in [0.25, 0.3) is 0 Å². The van der Waals surface area contributed by atoms with E-state index in [1.54, 1.807) is 11.8 Å². The highest BCUT2D eigenvalue weighted by molar-refractivity contribution is 7.98. The molecule has 0 spiro atoms. The molecule has 0 unspecified atom stereocenters. The molecule has 0 atom stereocenters. The van der Waals surface area contributed by atoms with Gasteiger partial charge in [0, 0.05) is 17.4 Å². The zero-order valence-electron chi connectivity index (χ0n) is 14.7. The molecule has 0 heterocycles. The van der Waals surface area contributed by atoms with Gasteiger partial charge in [0.1, 0.15) is 0 Å². The van der Waals surface area contributed by atoms with Gasteiger partial charge in [-0.25, -0.2) is 0 Å². The van der Waals surface area contributed by atoms with Crippen LogP contribution in [0.4, 0.5) is 0 Å². The average molecular weight is 348 g/mol. The van der Waals surface area contributed by atoms with Gasteiger partial charge in [0.05, 0.1) is 0 Å². The molecular formula is C23H25NS. The second kappa shape index (κ2) is 9.45. The Kier molecular flexibility index (Phi) is 6.72. The summed E-state index contributed by atoms with van der Waals surface area (Å²) in [5, 5.41) is 3.60. The summed E-state index contributed by atoms with van der Waals surface area (Å²) in [4.78, 5) is 1.32. The van der Waals surface area contributed by atoms with Gasteiger partial charge < -0.3 is 5.32 Å². The van der Waals surface area contributed by atoms with Crippen LogP contribution < -0.4 is 5.32 Å². The number of nitrogens with one attached hydrogen (secondary N) is 1. The summed E-state index contributed by atoms with van der Waals surface area (Å²) < 4.78 is 0. The summed E-state index contributed by atoms with van der Waals surface area (Å²) in [6, 6.07) is 30.4. The molecule has 0 radical (unpaired) electrons. The summed E-state index contributed by atoms with van der Waals surface area (Å²) in [6.45, 7) is 1.92. The first kappa shape index (κ1) is 17.8. The van der Waals surface area contributed by atoms with Crippen molar-refractivity contribution in [3.63, 3.8) is 0 Å². The van der Waals surface area contributed by atoms with E-state index >= 15 is 0 Å². The molecule has 0 aromatic heterocycles. The molecule has 128 valence electrons. The molecule has 3 aromatic carbocycles. The van der Waals surface area contributed by atoms with Crippen LogP contribution in [0.5, 0.6) is 0 Å². The number of benzene rings is 3. The third-order valence-electron chi connectivity index (χ3n) is 4.50. The average Bonchev–Trinajstić information content (AvgIpc) is 2.70. The third kappa shape index (κ3) is 5.22. The molecule has 25 heavy (non-hydrogen) atoms. The van der Waals surface area contributed by atoms with E-state index in [1.165, 1.54) is 21.6 Å². The Balaban J connectivity index is 1.59. The molecule has 0 amide bonds. The van der Waals surface area contributed by atoms with E-state index in [1.807, 2.05) is 0 Å². The monoisotopic (exact) mass is 347 g/mol. The summed E-state index contributed by atoms with van der Waals surface area (Å²) in [6.07, 6.45) is 3.21. The second-order valence-electron chi connectivity index (χ2n) is 6.19. The van der Waals surface area contributed by atoms with E-state index in [0.717, 1.165) is 19.5 Å². The van der Waals surface area contributed by atoms with Crippen molar-refractivity contribution in [2.45, 2.75) is 23.8 Å². The fourth-order valence-electron chi connectivity index (χ4n) is 3.12. The van der Waals surface area contributed by atoms with Crippen LogP contribution in [0.1, 0.15) is 29.0 Å². The quantitative estimate of drug-likeness (QED) is 0.413. The zero-order valence-corrected chi connectivity index (χ0v) is 15.5. The van der Waals surface area contributed by atoms with Gasteiger partial charge in [-0.2, -0.15) is 0 Å². The van der Waals surface area contributed by atoms with Crippen LogP contribution in [0.2, 0.25) is 0 Å². The summed E-state index contributed by atoms with van der Waals surface area (Å²) in [5.41, 5.74) is 4.12. The Morgan fingerprint density at radius 2 is 1.32 bits per heavy atom. The van der Waals surface area contributed by atoms with Gasteiger partial charge in [-0.05, 0) is 48.0 Å². The lowest BCUT2D eigenvalue weighted by atomic mass is 9.88.